The lowest BCUT2D eigenvalue weighted by molar-refractivity contribution is 0.0935. The fraction of sp³-hybridized carbons (Fsp3) is 0.0968. The van der Waals surface area contributed by atoms with E-state index in [2.05, 4.69) is 5.32 Å². The average Bonchev–Trinajstić information content (AvgIpc) is 2.96. The van der Waals surface area contributed by atoms with Gasteiger partial charge in [-0.3, -0.25) is 4.79 Å². The summed E-state index contributed by atoms with van der Waals surface area (Å²) in [7, 11) is -4.27. The van der Waals surface area contributed by atoms with Crippen molar-refractivity contribution in [1.82, 2.24) is 10.3 Å². The fourth-order valence-electron chi connectivity index (χ4n) is 4.37. The zero-order chi connectivity index (χ0) is 26.5. The van der Waals surface area contributed by atoms with E-state index in [0.717, 1.165) is 5.56 Å². The molecule has 5 rings (SSSR count). The Balaban J connectivity index is 1.72. The van der Waals surface area contributed by atoms with Crippen LogP contribution in [0.3, 0.4) is 0 Å². The molecular formula is C31H26N2O4S. The second-order valence-corrected chi connectivity index (χ2v) is 10.3. The van der Waals surface area contributed by atoms with Crippen molar-refractivity contribution < 1.29 is 17.4 Å². The van der Waals surface area contributed by atoms with E-state index >= 15 is 0 Å². The lowest BCUT2D eigenvalue weighted by Crippen LogP contribution is -2.29. The zero-order valence-corrected chi connectivity index (χ0v) is 21.6. The van der Waals surface area contributed by atoms with E-state index < -0.39 is 16.0 Å². The molecule has 0 saturated heterocycles. The summed E-state index contributed by atoms with van der Waals surface area (Å²) >= 11 is 0. The first kappa shape index (κ1) is 25.2. The van der Waals surface area contributed by atoms with E-state index in [1.54, 1.807) is 48.5 Å². The highest BCUT2D eigenvalue weighted by Gasteiger charge is 2.29. The molecule has 38 heavy (non-hydrogen) atoms. The second-order valence-electron chi connectivity index (χ2n) is 8.74. The van der Waals surface area contributed by atoms with Crippen LogP contribution in [0.15, 0.2) is 120 Å². The van der Waals surface area contributed by atoms with E-state index in [9.17, 15) is 13.2 Å². The Morgan fingerprint density at radius 1 is 0.816 bits per heavy atom. The van der Waals surface area contributed by atoms with E-state index in [4.69, 9.17) is 9.17 Å². The molecule has 1 heterocycles. The zero-order valence-electron chi connectivity index (χ0n) is 20.7. The Labute approximate surface area is 222 Å². The molecule has 1 N–H and O–H groups in total. The first-order valence-electron chi connectivity index (χ1n) is 12.3. The van der Waals surface area contributed by atoms with E-state index in [-0.39, 0.29) is 27.9 Å². The van der Waals surface area contributed by atoms with Crippen LogP contribution in [0, 0.1) is 0 Å². The number of pyridine rings is 1. The summed E-state index contributed by atoms with van der Waals surface area (Å²) in [5.41, 5.74) is 2.50. The van der Waals surface area contributed by atoms with Crippen molar-refractivity contribution >= 4 is 26.9 Å². The Hall–Kier alpha value is -4.49. The summed E-state index contributed by atoms with van der Waals surface area (Å²) in [4.78, 5) is 18.7. The molecule has 0 aliphatic carbocycles. The number of carbonyl (C=O) groups is 1. The number of rotatable bonds is 8. The first-order chi connectivity index (χ1) is 18.5. The molecule has 0 unspecified atom stereocenters. The number of carbonyl (C=O) groups excluding carboxylic acids is 1. The Morgan fingerprint density at radius 3 is 2.05 bits per heavy atom. The summed E-state index contributed by atoms with van der Waals surface area (Å²) in [5.74, 6) is -0.561. The van der Waals surface area contributed by atoms with Crippen LogP contribution in [0.4, 0.5) is 0 Å². The molecule has 0 fully saturated rings. The number of nitrogens with one attached hydrogen (secondary N) is 1. The normalized spacial score (nSPS) is 12.1. The molecule has 0 saturated carbocycles. The number of benzene rings is 4. The summed E-state index contributed by atoms with van der Waals surface area (Å²) < 4.78 is 32.6. The molecule has 1 atom stereocenters. The van der Waals surface area contributed by atoms with Crippen LogP contribution in [0.5, 0.6) is 5.75 Å². The molecule has 190 valence electrons. The maximum Gasteiger partial charge on any atom is 0.339 e. The minimum Gasteiger partial charge on any atom is -0.376 e. The van der Waals surface area contributed by atoms with Crippen LogP contribution in [0.1, 0.15) is 35.3 Å². The van der Waals surface area contributed by atoms with Crippen molar-refractivity contribution in [3.05, 3.63) is 126 Å². The third-order valence-electron chi connectivity index (χ3n) is 6.26. The van der Waals surface area contributed by atoms with Gasteiger partial charge < -0.3 is 9.50 Å². The third kappa shape index (κ3) is 5.14. The van der Waals surface area contributed by atoms with Crippen molar-refractivity contribution in [2.24, 2.45) is 0 Å². The van der Waals surface area contributed by atoms with Crippen LogP contribution in [-0.2, 0) is 10.1 Å². The predicted octanol–water partition coefficient (Wildman–Crippen LogP) is 6.55. The number of fused-ring (bicyclic) bond motifs is 1. The number of hydrogen-bond donors (Lipinski definition) is 1. The molecule has 4 aromatic carbocycles. The molecule has 5 aromatic rings. The predicted molar refractivity (Wildman–Crippen MR) is 148 cm³/mol. The molecule has 7 heteroatoms. The van der Waals surface area contributed by atoms with Gasteiger partial charge in [0.1, 0.15) is 10.6 Å². The van der Waals surface area contributed by atoms with Gasteiger partial charge in [-0.25, -0.2) is 4.98 Å². The van der Waals surface area contributed by atoms with Crippen LogP contribution in [-0.4, -0.2) is 19.3 Å². The van der Waals surface area contributed by atoms with Crippen molar-refractivity contribution in [2.45, 2.75) is 24.3 Å². The van der Waals surface area contributed by atoms with Gasteiger partial charge in [0.05, 0.1) is 17.1 Å². The van der Waals surface area contributed by atoms with Crippen LogP contribution >= 0.6 is 0 Å². The van der Waals surface area contributed by atoms with E-state index in [1.807, 2.05) is 61.5 Å². The van der Waals surface area contributed by atoms with Crippen molar-refractivity contribution in [3.63, 3.8) is 0 Å². The molecular weight excluding hydrogens is 496 g/mol. The Morgan fingerprint density at radius 2 is 1.39 bits per heavy atom. The molecule has 1 amide bonds. The monoisotopic (exact) mass is 522 g/mol. The number of amides is 1. The van der Waals surface area contributed by atoms with Gasteiger partial charge >= 0.3 is 10.1 Å². The lowest BCUT2D eigenvalue weighted by atomic mass is 10.00. The molecule has 6 nitrogen and oxygen atoms in total. The number of para-hydroxylation sites is 1. The van der Waals surface area contributed by atoms with Gasteiger partial charge in [0.2, 0.25) is 0 Å². The van der Waals surface area contributed by atoms with Gasteiger partial charge in [-0.15, -0.1) is 0 Å². The summed E-state index contributed by atoms with van der Waals surface area (Å²) in [6.07, 6.45) is 0.642. The van der Waals surface area contributed by atoms with Crippen molar-refractivity contribution in [2.75, 3.05) is 0 Å². The van der Waals surface area contributed by atoms with Gasteiger partial charge in [0.15, 0.2) is 5.75 Å². The molecule has 0 bridgehead atoms. The van der Waals surface area contributed by atoms with E-state index in [1.165, 1.54) is 12.1 Å². The number of hydrogen-bond acceptors (Lipinski definition) is 5. The molecule has 1 aromatic heterocycles. The van der Waals surface area contributed by atoms with Gasteiger partial charge in [-0.05, 0) is 30.2 Å². The maximum absolute atomic E-state index is 14.0. The van der Waals surface area contributed by atoms with Crippen LogP contribution in [0.2, 0.25) is 0 Å². The molecule has 0 aliphatic heterocycles. The highest BCUT2D eigenvalue weighted by atomic mass is 32.2. The summed E-state index contributed by atoms with van der Waals surface area (Å²) in [5, 5.41) is 3.59. The van der Waals surface area contributed by atoms with Gasteiger partial charge in [-0.2, -0.15) is 8.42 Å². The molecule has 0 aliphatic rings. The standard InChI is InChI=1S/C31H26N2O4S/c1-2-26(22-14-6-3-7-15-22)33-31(34)28-25-20-12-13-21-27(25)32-29(23-16-8-4-9-17-23)30(28)37-38(35,36)24-18-10-5-11-19-24/h3-21,26H,2H2,1H3,(H,33,34)/t26-/m0/s1. The van der Waals surface area contributed by atoms with E-state index in [0.29, 0.717) is 22.9 Å². The highest BCUT2D eigenvalue weighted by molar-refractivity contribution is 7.87. The maximum atomic E-state index is 14.0. The number of aromatic nitrogens is 1. The lowest BCUT2D eigenvalue weighted by Gasteiger charge is -2.21. The fourth-order valence-corrected chi connectivity index (χ4v) is 5.34. The van der Waals surface area contributed by atoms with Crippen LogP contribution in [0.25, 0.3) is 22.2 Å². The molecule has 0 radical (unpaired) electrons. The van der Waals surface area contributed by atoms with Gasteiger partial charge in [-0.1, -0.05) is 104 Å². The van der Waals surface area contributed by atoms with Gasteiger partial charge in [0.25, 0.3) is 5.91 Å². The number of nitrogens with zero attached hydrogens (tertiary/aromatic N) is 1. The Kier molecular flexibility index (Phi) is 7.20. The quantitative estimate of drug-likeness (QED) is 0.234. The smallest absolute Gasteiger partial charge is 0.339 e. The molecule has 0 spiro atoms. The highest BCUT2D eigenvalue weighted by Crippen LogP contribution is 2.38. The third-order valence-corrected chi connectivity index (χ3v) is 7.50. The van der Waals surface area contributed by atoms with Gasteiger partial charge in [0, 0.05) is 10.9 Å². The minimum absolute atomic E-state index is 0.0192. The largest absolute Gasteiger partial charge is 0.376 e. The minimum atomic E-state index is -4.27. The van der Waals surface area contributed by atoms with Crippen molar-refractivity contribution in [1.29, 1.82) is 0 Å². The topological polar surface area (TPSA) is 85.4 Å². The second kappa shape index (κ2) is 10.9. The first-order valence-corrected chi connectivity index (χ1v) is 13.7. The summed E-state index contributed by atoms with van der Waals surface area (Å²) in [6, 6.07) is 33.5. The summed E-state index contributed by atoms with van der Waals surface area (Å²) in [6.45, 7) is 1.98. The average molecular weight is 523 g/mol. The Bertz CT molecular complexity index is 1670. The van der Waals surface area contributed by atoms with Crippen molar-refractivity contribution in [3.8, 4) is 17.0 Å². The van der Waals surface area contributed by atoms with Crippen LogP contribution < -0.4 is 9.50 Å². The SMILES string of the molecule is CC[C@H](NC(=O)c1c(OS(=O)(=O)c2ccccc2)c(-c2ccccc2)nc2ccccc12)c1ccccc1.